The molecule has 0 aromatic carbocycles. The number of hydrogen-bond donors (Lipinski definition) is 0. The van der Waals surface area contributed by atoms with E-state index in [1.165, 1.54) is 12.3 Å². The molecule has 1 aromatic rings. The monoisotopic (exact) mass is 316 g/mol. The third-order valence-corrected chi connectivity index (χ3v) is 6.11. The molecule has 2 aliphatic rings. The SMILES string of the molecule is O=S(=O)(c1ccc(CCl)cn1)N1CCOC2CCCC21. The van der Waals surface area contributed by atoms with Crippen molar-refractivity contribution in [1.29, 1.82) is 0 Å². The van der Waals surface area contributed by atoms with Crippen LogP contribution in [0.15, 0.2) is 23.4 Å². The van der Waals surface area contributed by atoms with Gasteiger partial charge >= 0.3 is 0 Å². The average molecular weight is 317 g/mol. The molecule has 5 nitrogen and oxygen atoms in total. The molecule has 1 aliphatic heterocycles. The molecule has 20 heavy (non-hydrogen) atoms. The number of aromatic nitrogens is 1. The number of alkyl halides is 1. The molecule has 1 aromatic heterocycles. The van der Waals surface area contributed by atoms with Gasteiger partial charge in [0.05, 0.1) is 18.8 Å². The number of fused-ring (bicyclic) bond motifs is 1. The quantitative estimate of drug-likeness (QED) is 0.797. The molecule has 110 valence electrons. The summed E-state index contributed by atoms with van der Waals surface area (Å²) in [7, 11) is -3.54. The molecule has 0 radical (unpaired) electrons. The van der Waals surface area contributed by atoms with Gasteiger partial charge in [0.15, 0.2) is 5.03 Å². The maximum Gasteiger partial charge on any atom is 0.260 e. The lowest BCUT2D eigenvalue weighted by Crippen LogP contribution is -2.51. The van der Waals surface area contributed by atoms with Crippen LogP contribution in [0.1, 0.15) is 24.8 Å². The summed E-state index contributed by atoms with van der Waals surface area (Å²) in [5, 5.41) is 0.0962. The highest BCUT2D eigenvalue weighted by atomic mass is 35.5. The van der Waals surface area contributed by atoms with Crippen LogP contribution < -0.4 is 0 Å². The van der Waals surface area contributed by atoms with Crippen LogP contribution in [0.5, 0.6) is 0 Å². The standard InChI is InChI=1S/C13H17ClN2O3S/c14-8-10-4-5-13(15-9-10)20(17,18)16-6-7-19-12-3-1-2-11(12)16/h4-5,9,11-12H,1-3,6-8H2. The third kappa shape index (κ3) is 2.45. The highest BCUT2D eigenvalue weighted by Gasteiger charge is 2.42. The minimum absolute atomic E-state index is 0.0387. The summed E-state index contributed by atoms with van der Waals surface area (Å²) in [5.74, 6) is 0.329. The molecule has 3 rings (SSSR count). The number of hydrogen-bond acceptors (Lipinski definition) is 4. The lowest BCUT2D eigenvalue weighted by atomic mass is 10.2. The molecule has 2 atom stereocenters. The minimum Gasteiger partial charge on any atom is -0.375 e. The average Bonchev–Trinajstić information content (AvgIpc) is 2.95. The fraction of sp³-hybridized carbons (Fsp3) is 0.615. The molecule has 1 saturated heterocycles. The van der Waals surface area contributed by atoms with Crippen LogP contribution in [0, 0.1) is 0 Å². The number of nitrogens with zero attached hydrogens (tertiary/aromatic N) is 2. The van der Waals surface area contributed by atoms with E-state index in [0.717, 1.165) is 24.8 Å². The van der Waals surface area contributed by atoms with Crippen LogP contribution in [-0.4, -0.2) is 43.0 Å². The van der Waals surface area contributed by atoms with Gasteiger partial charge in [0.25, 0.3) is 10.0 Å². The zero-order chi connectivity index (χ0) is 14.2. The Labute approximate surface area is 123 Å². The molecule has 0 bridgehead atoms. The van der Waals surface area contributed by atoms with Crippen molar-refractivity contribution in [3.05, 3.63) is 23.9 Å². The maximum atomic E-state index is 12.7. The van der Waals surface area contributed by atoms with E-state index in [2.05, 4.69) is 4.98 Å². The van der Waals surface area contributed by atoms with Gasteiger partial charge in [-0.15, -0.1) is 11.6 Å². The molecule has 2 unspecified atom stereocenters. The Morgan fingerprint density at radius 1 is 1.40 bits per heavy atom. The van der Waals surface area contributed by atoms with Crippen LogP contribution in [0.4, 0.5) is 0 Å². The Kier molecular flexibility index (Phi) is 3.99. The van der Waals surface area contributed by atoms with Crippen LogP contribution in [0.25, 0.3) is 0 Å². The van der Waals surface area contributed by atoms with Crippen molar-refractivity contribution < 1.29 is 13.2 Å². The van der Waals surface area contributed by atoms with E-state index in [4.69, 9.17) is 16.3 Å². The van der Waals surface area contributed by atoms with Gasteiger partial charge in [-0.1, -0.05) is 6.07 Å². The van der Waals surface area contributed by atoms with Gasteiger partial charge in [0.2, 0.25) is 0 Å². The van der Waals surface area contributed by atoms with Gasteiger partial charge in [-0.25, -0.2) is 13.4 Å². The lowest BCUT2D eigenvalue weighted by Gasteiger charge is -2.36. The minimum atomic E-state index is -3.54. The zero-order valence-corrected chi connectivity index (χ0v) is 12.6. The van der Waals surface area contributed by atoms with Crippen LogP contribution in [0.3, 0.4) is 0 Å². The first-order valence-electron chi connectivity index (χ1n) is 6.77. The van der Waals surface area contributed by atoms with E-state index in [1.807, 2.05) is 0 Å². The van der Waals surface area contributed by atoms with E-state index in [1.54, 1.807) is 10.4 Å². The van der Waals surface area contributed by atoms with Crippen molar-refractivity contribution in [3.63, 3.8) is 0 Å². The fourth-order valence-corrected chi connectivity index (χ4v) is 4.69. The third-order valence-electron chi connectivity index (χ3n) is 3.96. The first-order valence-corrected chi connectivity index (χ1v) is 8.75. The van der Waals surface area contributed by atoms with E-state index < -0.39 is 10.0 Å². The van der Waals surface area contributed by atoms with Crippen LogP contribution >= 0.6 is 11.6 Å². The second-order valence-corrected chi connectivity index (χ2v) is 7.27. The van der Waals surface area contributed by atoms with Crippen molar-refractivity contribution in [2.45, 2.75) is 42.3 Å². The summed E-state index contributed by atoms with van der Waals surface area (Å²) in [5.41, 5.74) is 0.811. The molecule has 7 heteroatoms. The van der Waals surface area contributed by atoms with Gasteiger partial charge in [-0.3, -0.25) is 0 Å². The van der Waals surface area contributed by atoms with Crippen LogP contribution in [-0.2, 0) is 20.6 Å². The van der Waals surface area contributed by atoms with E-state index >= 15 is 0 Å². The molecule has 2 heterocycles. The Balaban J connectivity index is 1.89. The summed E-state index contributed by atoms with van der Waals surface area (Å²) < 4.78 is 32.6. The predicted octanol–water partition coefficient (Wildman–Crippen LogP) is 1.76. The largest absolute Gasteiger partial charge is 0.375 e. The zero-order valence-electron chi connectivity index (χ0n) is 11.0. The first kappa shape index (κ1) is 14.3. The molecular formula is C13H17ClN2O3S. The fourth-order valence-electron chi connectivity index (χ4n) is 2.95. The Bertz CT molecular complexity index is 576. The van der Waals surface area contributed by atoms with Gasteiger partial charge < -0.3 is 4.74 Å². The molecule has 0 spiro atoms. The molecular weight excluding hydrogens is 300 g/mol. The highest BCUT2D eigenvalue weighted by Crippen LogP contribution is 2.32. The molecule has 2 fully saturated rings. The van der Waals surface area contributed by atoms with Gasteiger partial charge in [0, 0.05) is 18.6 Å². The van der Waals surface area contributed by atoms with Crippen molar-refractivity contribution in [3.8, 4) is 0 Å². The first-order chi connectivity index (χ1) is 9.63. The summed E-state index contributed by atoms with van der Waals surface area (Å²) in [6.07, 6.45) is 4.38. The van der Waals surface area contributed by atoms with Crippen molar-refractivity contribution in [2.75, 3.05) is 13.2 Å². The topological polar surface area (TPSA) is 59.5 Å². The Morgan fingerprint density at radius 2 is 2.25 bits per heavy atom. The Morgan fingerprint density at radius 3 is 2.95 bits per heavy atom. The number of sulfonamides is 1. The van der Waals surface area contributed by atoms with Crippen molar-refractivity contribution in [2.24, 2.45) is 0 Å². The maximum absolute atomic E-state index is 12.7. The number of morpholine rings is 1. The van der Waals surface area contributed by atoms with Gasteiger partial charge in [-0.2, -0.15) is 4.31 Å². The molecule has 1 aliphatic carbocycles. The normalized spacial score (nSPS) is 27.4. The second kappa shape index (κ2) is 5.60. The number of pyridine rings is 1. The number of halogens is 1. The molecule has 0 N–H and O–H groups in total. The lowest BCUT2D eigenvalue weighted by molar-refractivity contribution is -0.0242. The van der Waals surface area contributed by atoms with Crippen molar-refractivity contribution >= 4 is 21.6 Å². The predicted molar refractivity (Wildman–Crippen MR) is 75.1 cm³/mol. The van der Waals surface area contributed by atoms with E-state index in [9.17, 15) is 8.42 Å². The van der Waals surface area contributed by atoms with Crippen molar-refractivity contribution in [1.82, 2.24) is 9.29 Å². The second-order valence-electron chi connectivity index (χ2n) is 5.16. The van der Waals surface area contributed by atoms with E-state index in [-0.39, 0.29) is 17.2 Å². The van der Waals surface area contributed by atoms with E-state index in [0.29, 0.717) is 19.0 Å². The van der Waals surface area contributed by atoms with Gasteiger partial charge in [-0.05, 0) is 30.9 Å². The highest BCUT2D eigenvalue weighted by molar-refractivity contribution is 7.89. The molecule has 1 saturated carbocycles. The number of rotatable bonds is 3. The summed E-state index contributed by atoms with van der Waals surface area (Å²) in [6.45, 7) is 0.864. The van der Waals surface area contributed by atoms with Gasteiger partial charge in [0.1, 0.15) is 0 Å². The summed E-state index contributed by atoms with van der Waals surface area (Å²) >= 11 is 5.70. The van der Waals surface area contributed by atoms with Crippen LogP contribution in [0.2, 0.25) is 0 Å². The summed E-state index contributed by atoms with van der Waals surface area (Å²) in [4.78, 5) is 4.06. The number of ether oxygens (including phenoxy) is 1. The molecule has 0 amide bonds. The summed E-state index contributed by atoms with van der Waals surface area (Å²) in [6, 6.07) is 3.20. The smallest absolute Gasteiger partial charge is 0.260 e. The Hall–Kier alpha value is -0.690.